The van der Waals surface area contributed by atoms with Gasteiger partial charge in [0.25, 0.3) is 5.56 Å². The number of rotatable bonds is 4. The van der Waals surface area contributed by atoms with Crippen LogP contribution >= 0.6 is 11.8 Å². The third-order valence-electron chi connectivity index (χ3n) is 4.15. The predicted molar refractivity (Wildman–Crippen MR) is 90.0 cm³/mol. The van der Waals surface area contributed by atoms with Crippen molar-refractivity contribution in [2.75, 3.05) is 62.3 Å². The molecular formula is C15H24N4O2S. The first-order valence-electron chi connectivity index (χ1n) is 7.95. The van der Waals surface area contributed by atoms with Gasteiger partial charge in [-0.05, 0) is 6.92 Å². The number of morpholine rings is 1. The fourth-order valence-electron chi connectivity index (χ4n) is 2.89. The molecule has 3 rings (SSSR count). The normalized spacial score (nSPS) is 20.3. The number of hydrogen-bond donors (Lipinski definition) is 0. The molecule has 0 aromatic carbocycles. The van der Waals surface area contributed by atoms with E-state index in [9.17, 15) is 4.79 Å². The highest BCUT2D eigenvalue weighted by molar-refractivity contribution is 7.99. The predicted octanol–water partition coefficient (Wildman–Crippen LogP) is 0.437. The maximum Gasteiger partial charge on any atom is 0.255 e. The lowest BCUT2D eigenvalue weighted by Gasteiger charge is -2.31. The Kier molecular flexibility index (Phi) is 5.38. The monoisotopic (exact) mass is 324 g/mol. The number of aryl methyl sites for hydroxylation is 1. The average molecular weight is 324 g/mol. The van der Waals surface area contributed by atoms with Crippen LogP contribution in [0.5, 0.6) is 0 Å². The van der Waals surface area contributed by atoms with E-state index in [1.54, 1.807) is 6.07 Å². The highest BCUT2D eigenvalue weighted by atomic mass is 32.2. The molecular weight excluding hydrogens is 300 g/mol. The van der Waals surface area contributed by atoms with Gasteiger partial charge in [-0.1, -0.05) is 0 Å². The molecule has 7 heteroatoms. The van der Waals surface area contributed by atoms with Gasteiger partial charge in [0.15, 0.2) is 0 Å². The van der Waals surface area contributed by atoms with Gasteiger partial charge in [-0.15, -0.1) is 0 Å². The van der Waals surface area contributed by atoms with Crippen molar-refractivity contribution in [3.63, 3.8) is 0 Å². The summed E-state index contributed by atoms with van der Waals surface area (Å²) in [6.07, 6.45) is 0. The molecule has 3 heterocycles. The molecule has 0 N–H and O–H groups in total. The van der Waals surface area contributed by atoms with Gasteiger partial charge in [-0.25, -0.2) is 4.98 Å². The maximum atomic E-state index is 12.4. The topological polar surface area (TPSA) is 50.6 Å². The Hall–Kier alpha value is -1.05. The lowest BCUT2D eigenvalue weighted by molar-refractivity contribution is 0.0363. The van der Waals surface area contributed by atoms with E-state index in [1.807, 2.05) is 23.3 Å². The van der Waals surface area contributed by atoms with E-state index >= 15 is 0 Å². The molecule has 1 aromatic rings. The van der Waals surface area contributed by atoms with Crippen LogP contribution < -0.4 is 10.5 Å². The smallest absolute Gasteiger partial charge is 0.255 e. The Morgan fingerprint density at radius 3 is 2.64 bits per heavy atom. The summed E-state index contributed by atoms with van der Waals surface area (Å²) in [5.74, 6) is 3.05. The SMILES string of the molecule is Cc1cc(=O)n(CCN2CCOCC2)c(N2CCSCC2)n1. The fraction of sp³-hybridized carbons (Fsp3) is 0.733. The molecule has 0 bridgehead atoms. The van der Waals surface area contributed by atoms with Crippen LogP contribution in [0.4, 0.5) is 5.95 Å². The van der Waals surface area contributed by atoms with Crippen LogP contribution in [0.15, 0.2) is 10.9 Å². The van der Waals surface area contributed by atoms with E-state index in [0.29, 0.717) is 6.54 Å². The van der Waals surface area contributed by atoms with E-state index in [-0.39, 0.29) is 5.56 Å². The summed E-state index contributed by atoms with van der Waals surface area (Å²) >= 11 is 1.96. The third kappa shape index (κ3) is 3.83. The van der Waals surface area contributed by atoms with Gasteiger partial charge in [-0.2, -0.15) is 11.8 Å². The number of ether oxygens (including phenoxy) is 1. The minimum atomic E-state index is 0.0639. The zero-order valence-electron chi connectivity index (χ0n) is 13.2. The average Bonchev–Trinajstić information content (AvgIpc) is 2.55. The van der Waals surface area contributed by atoms with Crippen molar-refractivity contribution in [2.45, 2.75) is 13.5 Å². The van der Waals surface area contributed by atoms with Crippen molar-refractivity contribution in [3.8, 4) is 0 Å². The maximum absolute atomic E-state index is 12.4. The van der Waals surface area contributed by atoms with E-state index in [2.05, 4.69) is 14.8 Å². The molecule has 2 saturated heterocycles. The summed E-state index contributed by atoms with van der Waals surface area (Å²) in [5.41, 5.74) is 0.870. The zero-order valence-corrected chi connectivity index (χ0v) is 14.0. The zero-order chi connectivity index (χ0) is 15.4. The highest BCUT2D eigenvalue weighted by Crippen LogP contribution is 2.16. The molecule has 2 aliphatic rings. The minimum Gasteiger partial charge on any atom is -0.379 e. The Morgan fingerprint density at radius 1 is 1.18 bits per heavy atom. The van der Waals surface area contributed by atoms with Crippen LogP contribution in [0.25, 0.3) is 0 Å². The molecule has 2 fully saturated rings. The summed E-state index contributed by atoms with van der Waals surface area (Å²) in [4.78, 5) is 21.7. The first-order valence-corrected chi connectivity index (χ1v) is 9.11. The third-order valence-corrected chi connectivity index (χ3v) is 5.10. The molecule has 0 aliphatic carbocycles. The Bertz CT molecular complexity index is 551. The molecule has 122 valence electrons. The number of anilines is 1. The van der Waals surface area contributed by atoms with Crippen LogP contribution in [0.2, 0.25) is 0 Å². The van der Waals surface area contributed by atoms with Gasteiger partial charge in [0.1, 0.15) is 0 Å². The minimum absolute atomic E-state index is 0.0639. The van der Waals surface area contributed by atoms with E-state index in [4.69, 9.17) is 4.74 Å². The van der Waals surface area contributed by atoms with Crippen LogP contribution in [-0.4, -0.2) is 71.9 Å². The van der Waals surface area contributed by atoms with Gasteiger partial charge in [-0.3, -0.25) is 14.3 Å². The molecule has 0 spiro atoms. The second-order valence-corrected chi connectivity index (χ2v) is 6.97. The van der Waals surface area contributed by atoms with Crippen molar-refractivity contribution in [2.24, 2.45) is 0 Å². The van der Waals surface area contributed by atoms with Crippen molar-refractivity contribution in [3.05, 3.63) is 22.1 Å². The summed E-state index contributed by atoms with van der Waals surface area (Å²) in [7, 11) is 0. The second-order valence-electron chi connectivity index (χ2n) is 5.74. The van der Waals surface area contributed by atoms with Gasteiger partial charge < -0.3 is 9.64 Å². The van der Waals surface area contributed by atoms with Crippen molar-refractivity contribution >= 4 is 17.7 Å². The lowest BCUT2D eigenvalue weighted by Crippen LogP contribution is -2.42. The lowest BCUT2D eigenvalue weighted by atomic mass is 10.4. The largest absolute Gasteiger partial charge is 0.379 e. The summed E-state index contributed by atoms with van der Waals surface area (Å²) in [5, 5.41) is 0. The van der Waals surface area contributed by atoms with E-state index in [1.165, 1.54) is 0 Å². The molecule has 1 aromatic heterocycles. The van der Waals surface area contributed by atoms with Gasteiger partial charge >= 0.3 is 0 Å². The van der Waals surface area contributed by atoms with Crippen LogP contribution in [-0.2, 0) is 11.3 Å². The summed E-state index contributed by atoms with van der Waals surface area (Å²) in [6, 6.07) is 1.64. The molecule has 0 atom stereocenters. The van der Waals surface area contributed by atoms with E-state index in [0.717, 1.165) is 69.1 Å². The van der Waals surface area contributed by atoms with Gasteiger partial charge in [0.05, 0.1) is 13.2 Å². The fourth-order valence-corrected chi connectivity index (χ4v) is 3.79. The van der Waals surface area contributed by atoms with Crippen molar-refractivity contribution in [1.82, 2.24) is 14.5 Å². The number of hydrogen-bond acceptors (Lipinski definition) is 6. The molecule has 0 unspecified atom stereocenters. The highest BCUT2D eigenvalue weighted by Gasteiger charge is 2.18. The Morgan fingerprint density at radius 2 is 1.91 bits per heavy atom. The quantitative estimate of drug-likeness (QED) is 0.801. The second kappa shape index (κ2) is 7.48. The summed E-state index contributed by atoms with van der Waals surface area (Å²) in [6.45, 7) is 8.89. The molecule has 22 heavy (non-hydrogen) atoms. The first kappa shape index (κ1) is 15.8. The Labute approximate surface area is 135 Å². The molecule has 0 radical (unpaired) electrons. The van der Waals surface area contributed by atoms with Crippen molar-refractivity contribution in [1.29, 1.82) is 0 Å². The van der Waals surface area contributed by atoms with Gasteiger partial charge in [0, 0.05) is 62.5 Å². The van der Waals surface area contributed by atoms with Crippen molar-refractivity contribution < 1.29 is 4.74 Å². The first-order chi connectivity index (χ1) is 10.7. The van der Waals surface area contributed by atoms with Crippen LogP contribution in [0.3, 0.4) is 0 Å². The van der Waals surface area contributed by atoms with Crippen LogP contribution in [0, 0.1) is 6.92 Å². The summed E-state index contributed by atoms with van der Waals surface area (Å²) < 4.78 is 7.22. The van der Waals surface area contributed by atoms with E-state index < -0.39 is 0 Å². The number of thioether (sulfide) groups is 1. The number of nitrogens with zero attached hydrogens (tertiary/aromatic N) is 4. The number of aromatic nitrogens is 2. The molecule has 0 saturated carbocycles. The molecule has 6 nitrogen and oxygen atoms in total. The Balaban J connectivity index is 1.77. The molecule has 0 amide bonds. The molecule has 2 aliphatic heterocycles. The van der Waals surface area contributed by atoms with Gasteiger partial charge in [0.2, 0.25) is 5.95 Å². The standard InChI is InChI=1S/C15H24N4O2S/c1-13-12-14(20)19(3-2-17-4-8-21-9-5-17)15(16-13)18-6-10-22-11-7-18/h12H,2-11H2,1H3. The van der Waals surface area contributed by atoms with Crippen LogP contribution in [0.1, 0.15) is 5.69 Å².